The summed E-state index contributed by atoms with van der Waals surface area (Å²) in [4.78, 5) is 0. The van der Waals surface area contributed by atoms with Crippen molar-refractivity contribution >= 4 is 0 Å². The fourth-order valence-corrected chi connectivity index (χ4v) is 2.34. The van der Waals surface area contributed by atoms with Crippen LogP contribution in [0.15, 0.2) is 0 Å². The van der Waals surface area contributed by atoms with E-state index >= 15 is 0 Å². The van der Waals surface area contributed by atoms with Gasteiger partial charge in [-0.2, -0.15) is 13.2 Å². The zero-order chi connectivity index (χ0) is 11.3. The average Bonchev–Trinajstić information content (AvgIpc) is 2.63. The minimum Gasteiger partial charge on any atom is -0.313 e. The fraction of sp³-hybridized carbons (Fsp3) is 1.00. The summed E-state index contributed by atoms with van der Waals surface area (Å²) in [7, 11) is 0. The summed E-state index contributed by atoms with van der Waals surface area (Å²) in [5, 5.41) is 3.05. The van der Waals surface area contributed by atoms with Gasteiger partial charge in [0, 0.05) is 6.04 Å². The molecule has 1 nitrogen and oxygen atoms in total. The van der Waals surface area contributed by atoms with Gasteiger partial charge in [0.25, 0.3) is 0 Å². The van der Waals surface area contributed by atoms with Crippen LogP contribution in [0, 0.1) is 5.92 Å². The molecule has 15 heavy (non-hydrogen) atoms. The van der Waals surface area contributed by atoms with Gasteiger partial charge in [-0.25, -0.2) is 0 Å². The van der Waals surface area contributed by atoms with Gasteiger partial charge < -0.3 is 5.32 Å². The highest BCUT2D eigenvalue weighted by Gasteiger charge is 2.36. The molecule has 0 aromatic heterocycles. The highest BCUT2D eigenvalue weighted by atomic mass is 19.4. The van der Waals surface area contributed by atoms with Crippen molar-refractivity contribution < 1.29 is 13.2 Å². The maximum absolute atomic E-state index is 12.3. The SMILES string of the molecule is CCCNC(CC(F)(F)F)C1CCCC1. The van der Waals surface area contributed by atoms with E-state index in [1.54, 1.807) is 0 Å². The molecule has 1 atom stereocenters. The summed E-state index contributed by atoms with van der Waals surface area (Å²) in [6, 6.07) is -0.354. The Morgan fingerprint density at radius 2 is 1.87 bits per heavy atom. The van der Waals surface area contributed by atoms with Crippen molar-refractivity contribution in [3.05, 3.63) is 0 Å². The predicted molar refractivity (Wildman–Crippen MR) is 54.7 cm³/mol. The quantitative estimate of drug-likeness (QED) is 0.752. The molecule has 1 N–H and O–H groups in total. The van der Waals surface area contributed by atoms with Gasteiger partial charge in [-0.3, -0.25) is 0 Å². The summed E-state index contributed by atoms with van der Waals surface area (Å²) in [6.45, 7) is 2.67. The van der Waals surface area contributed by atoms with Crippen LogP contribution >= 0.6 is 0 Å². The van der Waals surface area contributed by atoms with Crippen molar-refractivity contribution in [2.24, 2.45) is 5.92 Å². The van der Waals surface area contributed by atoms with E-state index < -0.39 is 12.6 Å². The zero-order valence-electron chi connectivity index (χ0n) is 9.24. The maximum Gasteiger partial charge on any atom is 0.390 e. The van der Waals surface area contributed by atoms with Crippen molar-refractivity contribution in [2.45, 2.75) is 57.7 Å². The average molecular weight is 223 g/mol. The Bertz CT molecular complexity index is 173. The molecule has 0 spiro atoms. The molecular formula is C11H20F3N. The standard InChI is InChI=1S/C11H20F3N/c1-2-7-15-10(8-11(12,13)14)9-5-3-4-6-9/h9-10,15H,2-8H2,1H3. The van der Waals surface area contributed by atoms with Crippen LogP contribution in [0.1, 0.15) is 45.4 Å². The Labute approximate surface area is 89.4 Å². The number of hydrogen-bond acceptors (Lipinski definition) is 1. The number of hydrogen-bond donors (Lipinski definition) is 1. The first-order valence-corrected chi connectivity index (χ1v) is 5.83. The van der Waals surface area contributed by atoms with E-state index in [0.29, 0.717) is 6.54 Å². The first-order chi connectivity index (χ1) is 7.03. The fourth-order valence-electron chi connectivity index (χ4n) is 2.34. The summed E-state index contributed by atoms with van der Waals surface area (Å²) in [5.74, 6) is 0.234. The molecule has 0 aliphatic heterocycles. The monoisotopic (exact) mass is 223 g/mol. The largest absolute Gasteiger partial charge is 0.390 e. The van der Waals surface area contributed by atoms with Crippen molar-refractivity contribution in [1.29, 1.82) is 0 Å². The van der Waals surface area contributed by atoms with Gasteiger partial charge >= 0.3 is 6.18 Å². The molecular weight excluding hydrogens is 203 g/mol. The molecule has 1 unspecified atom stereocenters. The van der Waals surface area contributed by atoms with E-state index in [1.807, 2.05) is 6.92 Å². The topological polar surface area (TPSA) is 12.0 Å². The summed E-state index contributed by atoms with van der Waals surface area (Å²) >= 11 is 0. The molecule has 0 heterocycles. The molecule has 0 aromatic carbocycles. The molecule has 1 fully saturated rings. The highest BCUT2D eigenvalue weighted by molar-refractivity contribution is 4.82. The molecule has 0 aromatic rings. The van der Waals surface area contributed by atoms with Crippen LogP contribution in [0.3, 0.4) is 0 Å². The van der Waals surface area contributed by atoms with Gasteiger partial charge in [0.2, 0.25) is 0 Å². The van der Waals surface area contributed by atoms with Crippen LogP contribution in [0.5, 0.6) is 0 Å². The second-order valence-electron chi connectivity index (χ2n) is 4.42. The molecule has 0 amide bonds. The van der Waals surface area contributed by atoms with E-state index in [2.05, 4.69) is 5.32 Å². The van der Waals surface area contributed by atoms with Gasteiger partial charge in [0.15, 0.2) is 0 Å². The van der Waals surface area contributed by atoms with E-state index in [0.717, 1.165) is 32.1 Å². The molecule has 1 aliphatic carbocycles. The molecule has 1 rings (SSSR count). The van der Waals surface area contributed by atoms with E-state index in [-0.39, 0.29) is 12.0 Å². The molecule has 1 aliphatic rings. The molecule has 1 saturated carbocycles. The lowest BCUT2D eigenvalue weighted by molar-refractivity contribution is -0.142. The summed E-state index contributed by atoms with van der Waals surface area (Å²) in [5.41, 5.74) is 0. The Balaban J connectivity index is 2.44. The van der Waals surface area contributed by atoms with Gasteiger partial charge in [0.1, 0.15) is 0 Å². The third-order valence-corrected chi connectivity index (χ3v) is 3.08. The Kier molecular flexibility index (Phi) is 4.90. The van der Waals surface area contributed by atoms with Gasteiger partial charge in [0.05, 0.1) is 6.42 Å². The Morgan fingerprint density at radius 1 is 1.27 bits per heavy atom. The zero-order valence-corrected chi connectivity index (χ0v) is 9.24. The summed E-state index contributed by atoms with van der Waals surface area (Å²) in [6.07, 6.45) is 0.279. The summed E-state index contributed by atoms with van der Waals surface area (Å²) < 4.78 is 37.0. The van der Waals surface area contributed by atoms with E-state index in [9.17, 15) is 13.2 Å². The van der Waals surface area contributed by atoms with Crippen LogP contribution in [0.2, 0.25) is 0 Å². The van der Waals surface area contributed by atoms with E-state index in [1.165, 1.54) is 0 Å². The van der Waals surface area contributed by atoms with Crippen LogP contribution in [0.25, 0.3) is 0 Å². The second-order valence-corrected chi connectivity index (χ2v) is 4.42. The van der Waals surface area contributed by atoms with E-state index in [4.69, 9.17) is 0 Å². The molecule has 90 valence electrons. The molecule has 4 heteroatoms. The third-order valence-electron chi connectivity index (χ3n) is 3.08. The minimum absolute atomic E-state index is 0.234. The van der Waals surface area contributed by atoms with Crippen LogP contribution in [-0.2, 0) is 0 Å². The second kappa shape index (κ2) is 5.73. The minimum atomic E-state index is -4.03. The Morgan fingerprint density at radius 3 is 2.33 bits per heavy atom. The normalized spacial score (nSPS) is 20.8. The molecule has 0 bridgehead atoms. The molecule has 0 radical (unpaired) electrons. The number of halogens is 3. The van der Waals surface area contributed by atoms with Crippen molar-refractivity contribution in [3.63, 3.8) is 0 Å². The maximum atomic E-state index is 12.3. The van der Waals surface area contributed by atoms with Crippen molar-refractivity contribution in [3.8, 4) is 0 Å². The van der Waals surface area contributed by atoms with Crippen LogP contribution in [-0.4, -0.2) is 18.8 Å². The highest BCUT2D eigenvalue weighted by Crippen LogP contribution is 2.33. The lowest BCUT2D eigenvalue weighted by Crippen LogP contribution is -2.39. The predicted octanol–water partition coefficient (Wildman–Crippen LogP) is 3.50. The third kappa shape index (κ3) is 4.87. The number of alkyl halides is 3. The van der Waals surface area contributed by atoms with Crippen molar-refractivity contribution in [1.82, 2.24) is 5.32 Å². The van der Waals surface area contributed by atoms with Crippen LogP contribution in [0.4, 0.5) is 13.2 Å². The van der Waals surface area contributed by atoms with Gasteiger partial charge in [-0.1, -0.05) is 19.8 Å². The first kappa shape index (κ1) is 12.8. The van der Waals surface area contributed by atoms with Gasteiger partial charge in [-0.05, 0) is 31.7 Å². The van der Waals surface area contributed by atoms with Crippen molar-refractivity contribution in [2.75, 3.05) is 6.54 Å². The lowest BCUT2D eigenvalue weighted by Gasteiger charge is -2.25. The number of nitrogens with one attached hydrogen (secondary N) is 1. The lowest BCUT2D eigenvalue weighted by atomic mass is 9.95. The van der Waals surface area contributed by atoms with Gasteiger partial charge in [-0.15, -0.1) is 0 Å². The smallest absolute Gasteiger partial charge is 0.313 e. The number of rotatable bonds is 5. The van der Waals surface area contributed by atoms with Crippen LogP contribution < -0.4 is 5.32 Å². The Hall–Kier alpha value is -0.250. The molecule has 0 saturated heterocycles. The first-order valence-electron chi connectivity index (χ1n) is 5.83.